The molecule has 19 heavy (non-hydrogen) atoms. The van der Waals surface area contributed by atoms with E-state index < -0.39 is 0 Å². The van der Waals surface area contributed by atoms with Crippen LogP contribution in [0.4, 0.5) is 0 Å². The number of benzene rings is 1. The van der Waals surface area contributed by atoms with Crippen LogP contribution in [0.15, 0.2) is 24.4 Å². The number of aryl methyl sites for hydroxylation is 1. The minimum Gasteiger partial charge on any atom is -0.497 e. The number of hydrogen-bond donors (Lipinski definition) is 1. The van der Waals surface area contributed by atoms with Gasteiger partial charge in [0, 0.05) is 12.1 Å². The van der Waals surface area contributed by atoms with Crippen LogP contribution in [0.3, 0.4) is 0 Å². The number of nitrogens with zero attached hydrogens (tertiary/aromatic N) is 3. The van der Waals surface area contributed by atoms with Crippen LogP contribution in [0.2, 0.25) is 0 Å². The Morgan fingerprint density at radius 2 is 2.26 bits per heavy atom. The van der Waals surface area contributed by atoms with Gasteiger partial charge >= 0.3 is 0 Å². The predicted octanol–water partition coefficient (Wildman–Crippen LogP) is 0.937. The molecular formula is C13H16N4O2. The molecule has 2 aromatic rings. The number of rotatable bonds is 5. The van der Waals surface area contributed by atoms with E-state index in [4.69, 9.17) is 10.5 Å². The normalized spacial score (nSPS) is 10.5. The molecule has 100 valence electrons. The first-order valence-corrected chi connectivity index (χ1v) is 5.91. The van der Waals surface area contributed by atoms with Gasteiger partial charge < -0.3 is 10.5 Å². The first-order chi connectivity index (χ1) is 9.13. The lowest BCUT2D eigenvalue weighted by Crippen LogP contribution is -2.12. The van der Waals surface area contributed by atoms with Gasteiger partial charge in [0.05, 0.1) is 19.0 Å². The van der Waals surface area contributed by atoms with Crippen molar-refractivity contribution in [1.82, 2.24) is 15.0 Å². The molecule has 1 aromatic heterocycles. The van der Waals surface area contributed by atoms with Gasteiger partial charge in [-0.15, -0.1) is 5.10 Å². The molecule has 0 atom stereocenters. The average Bonchev–Trinajstić information content (AvgIpc) is 2.86. The third-order valence-corrected chi connectivity index (χ3v) is 2.83. The van der Waals surface area contributed by atoms with Gasteiger partial charge in [0.1, 0.15) is 12.3 Å². The minimum absolute atomic E-state index is 0.0198. The molecule has 0 aliphatic heterocycles. The van der Waals surface area contributed by atoms with E-state index in [1.807, 2.05) is 13.0 Å². The highest BCUT2D eigenvalue weighted by Crippen LogP contribution is 2.17. The molecule has 0 bridgehead atoms. The lowest BCUT2D eigenvalue weighted by molar-refractivity contribution is 0.0966. The van der Waals surface area contributed by atoms with Crippen molar-refractivity contribution in [2.75, 3.05) is 7.11 Å². The van der Waals surface area contributed by atoms with Crippen molar-refractivity contribution < 1.29 is 9.53 Å². The van der Waals surface area contributed by atoms with Gasteiger partial charge in [-0.05, 0) is 30.7 Å². The molecular weight excluding hydrogens is 244 g/mol. The fourth-order valence-corrected chi connectivity index (χ4v) is 1.82. The molecule has 6 nitrogen and oxygen atoms in total. The van der Waals surface area contributed by atoms with Crippen LogP contribution >= 0.6 is 0 Å². The zero-order valence-electron chi connectivity index (χ0n) is 11.0. The molecule has 0 fully saturated rings. The zero-order chi connectivity index (χ0) is 13.8. The topological polar surface area (TPSA) is 83.0 Å². The molecule has 0 amide bonds. The van der Waals surface area contributed by atoms with Gasteiger partial charge in [-0.1, -0.05) is 5.21 Å². The number of ketones is 1. The van der Waals surface area contributed by atoms with Gasteiger partial charge in [-0.2, -0.15) is 0 Å². The quantitative estimate of drug-likeness (QED) is 0.809. The summed E-state index contributed by atoms with van der Waals surface area (Å²) in [5.74, 6) is 0.717. The van der Waals surface area contributed by atoms with E-state index >= 15 is 0 Å². The highest BCUT2D eigenvalue weighted by Gasteiger charge is 2.11. The summed E-state index contributed by atoms with van der Waals surface area (Å²) in [5.41, 5.74) is 7.65. The lowest BCUT2D eigenvalue weighted by Gasteiger charge is -2.07. The fraction of sp³-hybridized carbons (Fsp3) is 0.308. The first-order valence-electron chi connectivity index (χ1n) is 5.91. The van der Waals surface area contributed by atoms with Crippen LogP contribution in [0.5, 0.6) is 5.75 Å². The third-order valence-electron chi connectivity index (χ3n) is 2.83. The summed E-state index contributed by atoms with van der Waals surface area (Å²) in [6.07, 6.45) is 1.68. The molecule has 0 aliphatic rings. The Bertz CT molecular complexity index is 592. The van der Waals surface area contributed by atoms with Crippen molar-refractivity contribution in [2.24, 2.45) is 5.73 Å². The highest BCUT2D eigenvalue weighted by molar-refractivity contribution is 5.97. The van der Waals surface area contributed by atoms with Crippen molar-refractivity contribution in [3.63, 3.8) is 0 Å². The number of aromatic nitrogens is 3. The van der Waals surface area contributed by atoms with Crippen molar-refractivity contribution >= 4 is 5.78 Å². The fourth-order valence-electron chi connectivity index (χ4n) is 1.82. The van der Waals surface area contributed by atoms with E-state index in [9.17, 15) is 4.79 Å². The number of carbonyl (C=O) groups excluding carboxylic acids is 1. The van der Waals surface area contributed by atoms with Crippen LogP contribution in [0.25, 0.3) is 0 Å². The van der Waals surface area contributed by atoms with Crippen molar-refractivity contribution in [3.05, 3.63) is 41.2 Å². The number of Topliss-reactive ketones (excluding diaryl/α,β-unsaturated/α-hetero) is 1. The predicted molar refractivity (Wildman–Crippen MR) is 70.0 cm³/mol. The number of ether oxygens (including phenoxy) is 1. The summed E-state index contributed by atoms with van der Waals surface area (Å²) < 4.78 is 6.61. The van der Waals surface area contributed by atoms with Gasteiger partial charge in [-0.3, -0.25) is 4.79 Å². The summed E-state index contributed by atoms with van der Waals surface area (Å²) in [7, 11) is 1.60. The number of carbonyl (C=O) groups is 1. The van der Waals surface area contributed by atoms with Crippen LogP contribution in [-0.2, 0) is 13.1 Å². The first kappa shape index (κ1) is 13.2. The summed E-state index contributed by atoms with van der Waals surface area (Å²) in [6, 6.07) is 5.37. The molecule has 2 rings (SSSR count). The van der Waals surface area contributed by atoms with E-state index in [0.29, 0.717) is 17.8 Å². The number of hydrogen-bond acceptors (Lipinski definition) is 5. The molecule has 1 heterocycles. The largest absolute Gasteiger partial charge is 0.497 e. The smallest absolute Gasteiger partial charge is 0.184 e. The van der Waals surface area contributed by atoms with E-state index in [1.54, 1.807) is 25.4 Å². The van der Waals surface area contributed by atoms with Gasteiger partial charge in [-0.25, -0.2) is 4.68 Å². The second-order valence-corrected chi connectivity index (χ2v) is 4.22. The third kappa shape index (κ3) is 2.97. The summed E-state index contributed by atoms with van der Waals surface area (Å²) in [4.78, 5) is 12.2. The monoisotopic (exact) mass is 260 g/mol. The Morgan fingerprint density at radius 3 is 2.84 bits per heavy atom. The summed E-state index contributed by atoms with van der Waals surface area (Å²) in [6.45, 7) is 2.35. The van der Waals surface area contributed by atoms with E-state index in [2.05, 4.69) is 10.3 Å². The number of nitrogens with two attached hydrogens (primary N) is 1. The van der Waals surface area contributed by atoms with Crippen LogP contribution in [0.1, 0.15) is 21.6 Å². The molecule has 0 saturated carbocycles. The Labute approximate surface area is 111 Å². The number of methoxy groups -OCH3 is 1. The lowest BCUT2D eigenvalue weighted by atomic mass is 10.0. The second kappa shape index (κ2) is 5.62. The SMILES string of the molecule is COc1ccc(C(=O)Cn2cc(CN)nn2)c(C)c1. The van der Waals surface area contributed by atoms with Gasteiger partial charge in [0.15, 0.2) is 5.78 Å². The van der Waals surface area contributed by atoms with E-state index in [0.717, 1.165) is 11.3 Å². The van der Waals surface area contributed by atoms with Crippen LogP contribution < -0.4 is 10.5 Å². The average molecular weight is 260 g/mol. The van der Waals surface area contributed by atoms with Crippen molar-refractivity contribution in [3.8, 4) is 5.75 Å². The van der Waals surface area contributed by atoms with E-state index in [-0.39, 0.29) is 12.3 Å². The maximum absolute atomic E-state index is 12.2. The Morgan fingerprint density at radius 1 is 1.47 bits per heavy atom. The molecule has 6 heteroatoms. The zero-order valence-corrected chi connectivity index (χ0v) is 11.0. The van der Waals surface area contributed by atoms with Crippen LogP contribution in [-0.4, -0.2) is 27.9 Å². The summed E-state index contributed by atoms with van der Waals surface area (Å²) in [5, 5.41) is 7.70. The molecule has 0 aliphatic carbocycles. The molecule has 0 saturated heterocycles. The van der Waals surface area contributed by atoms with Crippen molar-refractivity contribution in [1.29, 1.82) is 0 Å². The summed E-state index contributed by atoms with van der Waals surface area (Å²) >= 11 is 0. The molecule has 0 spiro atoms. The molecule has 1 aromatic carbocycles. The Balaban J connectivity index is 2.15. The highest BCUT2D eigenvalue weighted by atomic mass is 16.5. The maximum atomic E-state index is 12.2. The van der Waals surface area contributed by atoms with Gasteiger partial charge in [0.2, 0.25) is 0 Å². The molecule has 2 N–H and O–H groups in total. The van der Waals surface area contributed by atoms with Crippen molar-refractivity contribution in [2.45, 2.75) is 20.0 Å². The molecule has 0 radical (unpaired) electrons. The van der Waals surface area contributed by atoms with Gasteiger partial charge in [0.25, 0.3) is 0 Å². The molecule has 0 unspecified atom stereocenters. The van der Waals surface area contributed by atoms with Crippen LogP contribution in [0, 0.1) is 6.92 Å². The second-order valence-electron chi connectivity index (χ2n) is 4.22. The van der Waals surface area contributed by atoms with E-state index in [1.165, 1.54) is 4.68 Å². The Hall–Kier alpha value is -2.21. The maximum Gasteiger partial charge on any atom is 0.184 e. The minimum atomic E-state index is -0.0198. The standard InChI is InChI=1S/C13H16N4O2/c1-9-5-11(19-2)3-4-12(9)13(18)8-17-7-10(6-14)15-16-17/h3-5,7H,6,8,14H2,1-2H3. The Kier molecular flexibility index (Phi) is 3.91.